The van der Waals surface area contributed by atoms with Crippen molar-refractivity contribution >= 4 is 12.0 Å². The molecule has 29 heavy (non-hydrogen) atoms. The van der Waals surface area contributed by atoms with E-state index in [1.54, 1.807) is 24.1 Å². The van der Waals surface area contributed by atoms with E-state index in [-0.39, 0.29) is 24.7 Å². The summed E-state index contributed by atoms with van der Waals surface area (Å²) in [4.78, 5) is 25.9. The van der Waals surface area contributed by atoms with Gasteiger partial charge in [-0.3, -0.25) is 4.79 Å². The zero-order chi connectivity index (χ0) is 21.0. The number of hydrogen-bond acceptors (Lipinski definition) is 4. The first-order chi connectivity index (χ1) is 13.8. The minimum atomic E-state index is -1.00. The highest BCUT2D eigenvalue weighted by Gasteiger charge is 2.43. The third-order valence-corrected chi connectivity index (χ3v) is 5.49. The largest absolute Gasteiger partial charge is 0.497 e. The Labute approximate surface area is 169 Å². The molecule has 0 aromatic heterocycles. The SMILES string of the molecule is COc1ccc([C@H](C)N2CC[C@@](CCC(N)=O)(c3ccc(F)cc3)OC2=O)cc1. The van der Waals surface area contributed by atoms with Crippen LogP contribution in [0.4, 0.5) is 9.18 Å². The number of nitrogens with two attached hydrogens (primary N) is 1. The van der Waals surface area contributed by atoms with Gasteiger partial charge in [0.25, 0.3) is 0 Å². The normalized spacial score (nSPS) is 20.1. The van der Waals surface area contributed by atoms with E-state index in [4.69, 9.17) is 15.2 Å². The second-order valence-corrected chi connectivity index (χ2v) is 7.23. The molecule has 6 nitrogen and oxygen atoms in total. The average Bonchev–Trinajstić information content (AvgIpc) is 2.72. The highest BCUT2D eigenvalue weighted by molar-refractivity contribution is 5.74. The van der Waals surface area contributed by atoms with Crippen LogP contribution in [0.25, 0.3) is 0 Å². The van der Waals surface area contributed by atoms with Gasteiger partial charge in [-0.2, -0.15) is 0 Å². The fourth-order valence-electron chi connectivity index (χ4n) is 3.69. The number of amides is 2. The van der Waals surface area contributed by atoms with E-state index in [0.29, 0.717) is 18.5 Å². The highest BCUT2D eigenvalue weighted by atomic mass is 19.1. The topological polar surface area (TPSA) is 81.9 Å². The molecule has 154 valence electrons. The van der Waals surface area contributed by atoms with E-state index in [1.165, 1.54) is 12.1 Å². The maximum Gasteiger partial charge on any atom is 0.411 e. The van der Waals surface area contributed by atoms with Crippen molar-refractivity contribution in [3.8, 4) is 5.75 Å². The first-order valence-corrected chi connectivity index (χ1v) is 9.52. The van der Waals surface area contributed by atoms with Crippen LogP contribution in [0.3, 0.4) is 0 Å². The molecule has 2 N–H and O–H groups in total. The quantitative estimate of drug-likeness (QED) is 0.764. The standard InChI is InChI=1S/C22H25FN2O4/c1-15(16-3-9-19(28-2)10-4-16)25-14-13-22(29-21(25)27,12-11-20(24)26)17-5-7-18(23)8-6-17/h3-10,15H,11-14H2,1-2H3,(H2,24,26)/t15-,22-/m0/s1. The first-order valence-electron chi connectivity index (χ1n) is 9.52. The number of methoxy groups -OCH3 is 1. The molecule has 2 aromatic rings. The molecule has 0 aliphatic carbocycles. The molecular weight excluding hydrogens is 375 g/mol. The molecule has 2 aromatic carbocycles. The fourth-order valence-corrected chi connectivity index (χ4v) is 3.69. The van der Waals surface area contributed by atoms with E-state index in [1.807, 2.05) is 31.2 Å². The number of primary amides is 1. The number of nitrogens with zero attached hydrogens (tertiary/aromatic N) is 1. The van der Waals surface area contributed by atoms with Crippen LogP contribution in [0.1, 0.15) is 43.4 Å². The molecule has 3 rings (SSSR count). The van der Waals surface area contributed by atoms with Crippen molar-refractivity contribution < 1.29 is 23.5 Å². The van der Waals surface area contributed by atoms with E-state index in [9.17, 15) is 14.0 Å². The van der Waals surface area contributed by atoms with Gasteiger partial charge in [-0.1, -0.05) is 24.3 Å². The van der Waals surface area contributed by atoms with Crippen molar-refractivity contribution in [1.82, 2.24) is 4.90 Å². The number of benzene rings is 2. The summed E-state index contributed by atoms with van der Waals surface area (Å²) in [5.74, 6) is -0.115. The van der Waals surface area contributed by atoms with Crippen molar-refractivity contribution in [2.45, 2.75) is 37.8 Å². The van der Waals surface area contributed by atoms with Crippen molar-refractivity contribution in [1.29, 1.82) is 0 Å². The van der Waals surface area contributed by atoms with Gasteiger partial charge in [0, 0.05) is 25.8 Å². The predicted octanol–water partition coefficient (Wildman–Crippen LogP) is 3.90. The second kappa shape index (κ2) is 8.51. The van der Waals surface area contributed by atoms with Gasteiger partial charge in [-0.15, -0.1) is 0 Å². The van der Waals surface area contributed by atoms with Gasteiger partial charge in [0.05, 0.1) is 13.2 Å². The molecule has 0 spiro atoms. The lowest BCUT2D eigenvalue weighted by molar-refractivity contribution is -0.121. The van der Waals surface area contributed by atoms with Crippen molar-refractivity contribution in [2.24, 2.45) is 5.73 Å². The molecule has 7 heteroatoms. The summed E-state index contributed by atoms with van der Waals surface area (Å²) in [6, 6.07) is 13.1. The lowest BCUT2D eigenvalue weighted by atomic mass is 9.84. The van der Waals surface area contributed by atoms with Gasteiger partial charge in [0.15, 0.2) is 0 Å². The zero-order valence-electron chi connectivity index (χ0n) is 16.6. The van der Waals surface area contributed by atoms with E-state index >= 15 is 0 Å². The lowest BCUT2D eigenvalue weighted by Crippen LogP contribution is -2.49. The number of carbonyl (C=O) groups is 2. The zero-order valence-corrected chi connectivity index (χ0v) is 16.6. The molecule has 1 heterocycles. The molecule has 0 bridgehead atoms. The highest BCUT2D eigenvalue weighted by Crippen LogP contribution is 2.40. The number of cyclic esters (lactones) is 1. The second-order valence-electron chi connectivity index (χ2n) is 7.23. The first kappa shape index (κ1) is 20.6. The van der Waals surface area contributed by atoms with Crippen LogP contribution in [-0.4, -0.2) is 30.6 Å². The van der Waals surface area contributed by atoms with Gasteiger partial charge in [-0.25, -0.2) is 9.18 Å². The molecule has 1 saturated heterocycles. The molecule has 0 radical (unpaired) electrons. The molecule has 2 amide bonds. The monoisotopic (exact) mass is 400 g/mol. The minimum Gasteiger partial charge on any atom is -0.497 e. The Morgan fingerprint density at radius 3 is 2.45 bits per heavy atom. The predicted molar refractivity (Wildman–Crippen MR) is 106 cm³/mol. The Hall–Kier alpha value is -3.09. The van der Waals surface area contributed by atoms with Crippen LogP contribution in [0.5, 0.6) is 5.75 Å². The van der Waals surface area contributed by atoms with Crippen LogP contribution in [-0.2, 0) is 15.1 Å². The number of hydrogen-bond donors (Lipinski definition) is 1. The molecule has 1 aliphatic rings. The Bertz CT molecular complexity index is 869. The maximum atomic E-state index is 13.4. The number of rotatable bonds is 7. The number of ether oxygens (including phenoxy) is 2. The molecule has 0 saturated carbocycles. The van der Waals surface area contributed by atoms with Crippen LogP contribution < -0.4 is 10.5 Å². The molecule has 2 atom stereocenters. The van der Waals surface area contributed by atoms with Crippen LogP contribution in [0.2, 0.25) is 0 Å². The number of carbonyl (C=O) groups excluding carboxylic acids is 2. The van der Waals surface area contributed by atoms with E-state index in [2.05, 4.69) is 0 Å². The van der Waals surface area contributed by atoms with Gasteiger partial charge < -0.3 is 20.1 Å². The van der Waals surface area contributed by atoms with E-state index in [0.717, 1.165) is 11.3 Å². The summed E-state index contributed by atoms with van der Waals surface area (Å²) in [6.07, 6.45) is 0.315. The minimum absolute atomic E-state index is 0.0681. The third-order valence-electron chi connectivity index (χ3n) is 5.49. The lowest BCUT2D eigenvalue weighted by Gasteiger charge is -2.43. The van der Waals surface area contributed by atoms with Crippen molar-refractivity contribution in [2.75, 3.05) is 13.7 Å². The fraction of sp³-hybridized carbons (Fsp3) is 0.364. The van der Waals surface area contributed by atoms with Gasteiger partial charge in [0.1, 0.15) is 17.2 Å². The van der Waals surface area contributed by atoms with Crippen LogP contribution >= 0.6 is 0 Å². The smallest absolute Gasteiger partial charge is 0.411 e. The molecule has 1 fully saturated rings. The average molecular weight is 400 g/mol. The summed E-state index contributed by atoms with van der Waals surface area (Å²) in [5.41, 5.74) is 5.93. The van der Waals surface area contributed by atoms with Gasteiger partial charge >= 0.3 is 6.09 Å². The summed E-state index contributed by atoms with van der Waals surface area (Å²) in [7, 11) is 1.60. The van der Waals surface area contributed by atoms with Crippen LogP contribution in [0, 0.1) is 5.82 Å². The Morgan fingerprint density at radius 2 is 1.90 bits per heavy atom. The van der Waals surface area contributed by atoms with Crippen molar-refractivity contribution in [3.63, 3.8) is 0 Å². The molecule has 0 unspecified atom stereocenters. The Kier molecular flexibility index (Phi) is 6.06. The maximum absolute atomic E-state index is 13.4. The third kappa shape index (κ3) is 4.50. The van der Waals surface area contributed by atoms with Gasteiger partial charge in [0.2, 0.25) is 5.91 Å². The van der Waals surface area contributed by atoms with E-state index < -0.39 is 17.6 Å². The van der Waals surface area contributed by atoms with Crippen LogP contribution in [0.15, 0.2) is 48.5 Å². The molecular formula is C22H25FN2O4. The summed E-state index contributed by atoms with van der Waals surface area (Å²) in [6.45, 7) is 2.36. The van der Waals surface area contributed by atoms with Crippen molar-refractivity contribution in [3.05, 3.63) is 65.5 Å². The van der Waals surface area contributed by atoms with Gasteiger partial charge in [-0.05, 0) is 42.3 Å². The Morgan fingerprint density at radius 1 is 1.24 bits per heavy atom. The summed E-state index contributed by atoms with van der Waals surface area (Å²) in [5, 5.41) is 0. The molecule has 1 aliphatic heterocycles. The summed E-state index contributed by atoms with van der Waals surface area (Å²) < 4.78 is 24.4. The number of halogens is 1. The Balaban J connectivity index is 1.82. The summed E-state index contributed by atoms with van der Waals surface area (Å²) >= 11 is 0.